The number of hydrogen-bond acceptors (Lipinski definition) is 0. The van der Waals surface area contributed by atoms with Crippen molar-refractivity contribution in [3.63, 3.8) is 0 Å². The molecule has 0 N–H and O–H groups in total. The molecule has 14 rings (SSSR count). The van der Waals surface area contributed by atoms with Crippen LogP contribution in [-0.2, 0) is 91.1 Å². The zero-order chi connectivity index (χ0) is 80.0. The molecule has 0 aromatic heterocycles. The topological polar surface area (TPSA) is 0 Å². The van der Waals surface area contributed by atoms with Crippen LogP contribution < -0.4 is 0 Å². The molecule has 0 saturated heterocycles. The second-order valence-electron chi connectivity index (χ2n) is 19.5. The third-order valence-electron chi connectivity index (χ3n) is 13.3. The van der Waals surface area contributed by atoms with Crippen LogP contribution in [0.1, 0.15) is 254 Å². The van der Waals surface area contributed by atoms with E-state index in [1.165, 1.54) is 90.0 Å². The smallest absolute Gasteiger partial charge is 0 e. The maximum atomic E-state index is 3.15. The molecule has 12 aromatic carbocycles. The molecule has 2 aliphatic carbocycles. The van der Waals surface area contributed by atoms with Crippen molar-refractivity contribution in [1.82, 2.24) is 0 Å². The average molecular weight is 1580 g/mol. The summed E-state index contributed by atoms with van der Waals surface area (Å²) in [5, 5.41) is 5.24. The summed E-state index contributed by atoms with van der Waals surface area (Å²) in [7, 11) is 0. The van der Waals surface area contributed by atoms with E-state index >= 15 is 0 Å². The Morgan fingerprint density at radius 3 is 0.575 bits per heavy atom. The van der Waals surface area contributed by atoms with E-state index in [1.807, 2.05) is 263 Å². The predicted octanol–water partition coefficient (Wildman–Crippen LogP) is 34.4. The normalized spacial score (nSPS) is 8.58. The van der Waals surface area contributed by atoms with Crippen molar-refractivity contribution in [2.24, 2.45) is 0 Å². The molecule has 0 aliphatic heterocycles. The van der Waals surface area contributed by atoms with Crippen LogP contribution in [0.25, 0.3) is 66.1 Å². The molecular formula is C104H148Y2-4. The van der Waals surface area contributed by atoms with Gasteiger partial charge in [-0.1, -0.05) is 403 Å². The van der Waals surface area contributed by atoms with Crippen molar-refractivity contribution >= 4 is 21.5 Å². The summed E-state index contributed by atoms with van der Waals surface area (Å²) in [4.78, 5) is 0. The Hall–Kier alpha value is -6.63. The Morgan fingerprint density at radius 2 is 0.387 bits per heavy atom. The Morgan fingerprint density at radius 1 is 0.208 bits per heavy atom. The monoisotopic (exact) mass is 1570 g/mol. The summed E-state index contributed by atoms with van der Waals surface area (Å²) in [6.45, 7) is 61.0. The fraction of sp³-hybridized carbons (Fsp3) is 0.346. The van der Waals surface area contributed by atoms with Gasteiger partial charge in [-0.05, 0) is 103 Å². The van der Waals surface area contributed by atoms with Crippen molar-refractivity contribution in [3.8, 4) is 44.5 Å². The van der Waals surface area contributed by atoms with Gasteiger partial charge in [-0.25, -0.2) is 22.3 Å². The van der Waals surface area contributed by atoms with Crippen LogP contribution >= 0.6 is 0 Å². The van der Waals surface area contributed by atoms with Gasteiger partial charge in [0.05, 0.1) is 0 Å². The molecule has 0 amide bonds. The van der Waals surface area contributed by atoms with Crippen molar-refractivity contribution in [2.45, 2.75) is 246 Å². The SMILES string of the molecule is CC.CC.CC.CC.CC.CC.CC.CC.CC.CC.CC.CC.CCC.CCC.CCc1cccc2c1-c1ccccc1C2.CCc1cccc2c1-c1ccccc1C2.[Y].[Y].[c-]1ccccc1-c1[c-]cccc1.[c-]1ccccc1-c1[c-]cccc1.c1ccc2ccccc2c1.c1ccc2ccccc2c1. The van der Waals surface area contributed by atoms with E-state index in [1.54, 1.807) is 0 Å². The van der Waals surface area contributed by atoms with Gasteiger partial charge in [-0.15, -0.1) is 24.3 Å². The molecule has 0 saturated carbocycles. The van der Waals surface area contributed by atoms with Crippen LogP contribution in [-0.4, -0.2) is 0 Å². The summed E-state index contributed by atoms with van der Waals surface area (Å²) in [5.41, 5.74) is 19.2. The Kier molecular flexibility index (Phi) is 94.8. The second-order valence-corrected chi connectivity index (χ2v) is 19.5. The third-order valence-corrected chi connectivity index (χ3v) is 13.3. The quantitative estimate of drug-likeness (QED) is 0.154. The first-order valence-corrected chi connectivity index (χ1v) is 40.6. The predicted molar refractivity (Wildman–Crippen MR) is 483 cm³/mol. The van der Waals surface area contributed by atoms with Crippen molar-refractivity contribution in [1.29, 1.82) is 0 Å². The Labute approximate surface area is 707 Å². The molecular weight excluding hydrogens is 1430 g/mol. The van der Waals surface area contributed by atoms with Crippen molar-refractivity contribution in [2.75, 3.05) is 0 Å². The minimum Gasteiger partial charge on any atom is -0.226 e. The minimum absolute atomic E-state index is 0. The second kappa shape index (κ2) is 87.3. The molecule has 2 radical (unpaired) electrons. The van der Waals surface area contributed by atoms with E-state index in [0.29, 0.717) is 0 Å². The largest absolute Gasteiger partial charge is 0.226 e. The van der Waals surface area contributed by atoms with Gasteiger partial charge in [-0.2, -0.15) is 97.1 Å². The molecule has 0 bridgehead atoms. The summed E-state index contributed by atoms with van der Waals surface area (Å²) in [6.07, 6.45) is 6.97. The van der Waals surface area contributed by atoms with E-state index in [2.05, 4.69) is 248 Å². The molecule has 2 heteroatoms. The zero-order valence-electron chi connectivity index (χ0n) is 73.0. The molecule has 12 aromatic rings. The van der Waals surface area contributed by atoms with Gasteiger partial charge in [0.1, 0.15) is 0 Å². The summed E-state index contributed by atoms with van der Waals surface area (Å²) < 4.78 is 0. The van der Waals surface area contributed by atoms with E-state index in [0.717, 1.165) is 47.9 Å². The third kappa shape index (κ3) is 46.6. The maximum Gasteiger partial charge on any atom is 0 e. The number of rotatable bonds is 4. The molecule has 2 aliphatic rings. The van der Waals surface area contributed by atoms with Crippen LogP contribution in [0.5, 0.6) is 0 Å². The van der Waals surface area contributed by atoms with Crippen molar-refractivity contribution in [3.05, 3.63) is 337 Å². The van der Waals surface area contributed by atoms with Crippen LogP contribution in [0.4, 0.5) is 0 Å². The van der Waals surface area contributed by atoms with E-state index in [9.17, 15) is 0 Å². The van der Waals surface area contributed by atoms with Gasteiger partial charge >= 0.3 is 0 Å². The number of hydrogen-bond donors (Lipinski definition) is 0. The van der Waals surface area contributed by atoms with Crippen LogP contribution in [0.2, 0.25) is 0 Å². The van der Waals surface area contributed by atoms with Crippen LogP contribution in [0.15, 0.2) is 279 Å². The average Bonchev–Trinajstić information content (AvgIpc) is 1.64. The number of benzene rings is 12. The molecule has 0 spiro atoms. The minimum atomic E-state index is 0. The Bertz CT molecular complexity index is 3210. The summed E-state index contributed by atoms with van der Waals surface area (Å²) in [6, 6.07) is 109. The number of aryl methyl sites for hydroxylation is 2. The summed E-state index contributed by atoms with van der Waals surface area (Å²) >= 11 is 0. The fourth-order valence-electron chi connectivity index (χ4n) is 9.64. The molecule has 106 heavy (non-hydrogen) atoms. The fourth-order valence-corrected chi connectivity index (χ4v) is 9.64. The first-order valence-electron chi connectivity index (χ1n) is 40.6. The molecule has 0 atom stereocenters. The first-order chi connectivity index (χ1) is 51.5. The number of fused-ring (bicyclic) bond motifs is 8. The van der Waals surface area contributed by atoms with E-state index < -0.39 is 0 Å². The maximum absolute atomic E-state index is 3.15. The van der Waals surface area contributed by atoms with E-state index in [4.69, 9.17) is 0 Å². The molecule has 0 unspecified atom stereocenters. The van der Waals surface area contributed by atoms with Gasteiger partial charge in [0.15, 0.2) is 0 Å². The Balaban J connectivity index is -0.000000169. The van der Waals surface area contributed by atoms with E-state index in [-0.39, 0.29) is 65.4 Å². The van der Waals surface area contributed by atoms with Gasteiger partial charge in [-0.3, -0.25) is 0 Å². The molecule has 0 nitrogen and oxygen atoms in total. The first kappa shape index (κ1) is 115. The zero-order valence-corrected chi connectivity index (χ0v) is 78.6. The van der Waals surface area contributed by atoms with Crippen LogP contribution in [0.3, 0.4) is 0 Å². The van der Waals surface area contributed by atoms with Gasteiger partial charge < -0.3 is 0 Å². The van der Waals surface area contributed by atoms with Gasteiger partial charge in [0, 0.05) is 65.4 Å². The summed E-state index contributed by atoms with van der Waals surface area (Å²) in [5.74, 6) is 0. The van der Waals surface area contributed by atoms with Gasteiger partial charge in [0.2, 0.25) is 0 Å². The molecule has 0 heterocycles. The molecule has 574 valence electrons. The van der Waals surface area contributed by atoms with Crippen molar-refractivity contribution < 1.29 is 65.4 Å². The van der Waals surface area contributed by atoms with Gasteiger partial charge in [0.25, 0.3) is 0 Å². The standard InChI is InChI=1S/2C15H14.2C12H8.2C10H8.2C3H8.12C2H6.2Y/c2*1-2-11-7-5-8-13-10-12-6-3-4-9-14(12)15(11)13;2*1-3-7-11(8-4-1)12-9-5-2-6-10-12;2*1-2-6-10-8-4-3-7-9(10)5-1;2*1-3-2;12*1-2;;/h2*3-9H,2,10H2,1H3;2*1-7,9H;2*1-8H;2*3H2,1-2H3;12*1-2H3;;/q;;2*-2;;;;;;;;;;;;;;;;;;. The molecule has 0 fully saturated rings. The van der Waals surface area contributed by atoms with Crippen LogP contribution in [0, 0.1) is 24.3 Å².